The fourth-order valence-corrected chi connectivity index (χ4v) is 6.35. The highest BCUT2D eigenvalue weighted by Crippen LogP contribution is 2.37. The average Bonchev–Trinajstić information content (AvgIpc) is 2.69. The van der Waals surface area contributed by atoms with E-state index in [2.05, 4.69) is 21.4 Å². The van der Waals surface area contributed by atoms with E-state index in [1.807, 2.05) is 0 Å². The average molecular weight is 426 g/mol. The molecule has 4 fully saturated rings. The van der Waals surface area contributed by atoms with Gasteiger partial charge in [-0.1, -0.05) is 18.5 Å². The molecule has 2 bridgehead atoms. The van der Waals surface area contributed by atoms with Crippen molar-refractivity contribution in [3.05, 3.63) is 29.3 Å². The number of benzene rings is 1. The minimum absolute atomic E-state index is 0.282. The van der Waals surface area contributed by atoms with E-state index in [1.165, 1.54) is 38.9 Å². The molecule has 1 aromatic rings. The van der Waals surface area contributed by atoms with Gasteiger partial charge in [-0.3, -0.25) is 4.90 Å². The Morgan fingerprint density at radius 2 is 1.82 bits per heavy atom. The molecule has 0 aromatic heterocycles. The third-order valence-electron chi connectivity index (χ3n) is 7.02. The van der Waals surface area contributed by atoms with Crippen LogP contribution in [0.25, 0.3) is 0 Å². The first-order valence-corrected chi connectivity index (χ1v) is 12.5. The van der Waals surface area contributed by atoms with Crippen molar-refractivity contribution >= 4 is 21.6 Å². The zero-order valence-electron chi connectivity index (χ0n) is 16.7. The van der Waals surface area contributed by atoms with Gasteiger partial charge in [0.2, 0.25) is 10.0 Å². The normalized spacial score (nSPS) is 31.9. The zero-order chi connectivity index (χ0) is 19.7. The predicted octanol–water partition coefficient (Wildman–Crippen LogP) is 3.06. The topological polar surface area (TPSA) is 52.6 Å². The van der Waals surface area contributed by atoms with Gasteiger partial charge in [0.1, 0.15) is 0 Å². The Labute approximate surface area is 174 Å². The van der Waals surface area contributed by atoms with Crippen molar-refractivity contribution < 1.29 is 8.42 Å². The summed E-state index contributed by atoms with van der Waals surface area (Å²) in [6, 6.07) is 6.68. The Morgan fingerprint density at radius 1 is 1.11 bits per heavy atom. The van der Waals surface area contributed by atoms with Gasteiger partial charge in [-0.15, -0.1) is 0 Å². The second-order valence-corrected chi connectivity index (χ2v) is 11.2. The Bertz CT molecular complexity index is 762. The van der Waals surface area contributed by atoms with Gasteiger partial charge in [0.15, 0.2) is 0 Å². The van der Waals surface area contributed by atoms with Crippen LogP contribution in [0, 0.1) is 17.8 Å². The Hall–Kier alpha value is -0.660. The van der Waals surface area contributed by atoms with Crippen molar-refractivity contribution in [1.82, 2.24) is 14.5 Å². The first kappa shape index (κ1) is 20.6. The molecular formula is C21H32ClN3O2S. The summed E-state index contributed by atoms with van der Waals surface area (Å²) in [6.07, 6.45) is 5.03. The monoisotopic (exact) mass is 425 g/mol. The molecule has 1 unspecified atom stereocenters. The highest BCUT2D eigenvalue weighted by Gasteiger charge is 2.40. The van der Waals surface area contributed by atoms with Crippen molar-refractivity contribution in [1.29, 1.82) is 0 Å². The lowest BCUT2D eigenvalue weighted by Crippen LogP contribution is -2.58. The van der Waals surface area contributed by atoms with Crippen LogP contribution in [0.15, 0.2) is 29.2 Å². The number of fused-ring (bicyclic) bond motifs is 3. The van der Waals surface area contributed by atoms with Gasteiger partial charge in [0.25, 0.3) is 0 Å². The SMILES string of the molecule is CC1CCN(C[C@H]2CN3CC[C@H]2C[C@@H]3CNS(=O)(=O)c2ccc(Cl)cc2)CC1. The molecule has 0 amide bonds. The molecule has 4 aliphatic heterocycles. The summed E-state index contributed by atoms with van der Waals surface area (Å²) >= 11 is 5.87. The summed E-state index contributed by atoms with van der Waals surface area (Å²) in [4.78, 5) is 5.46. The molecule has 156 valence electrons. The van der Waals surface area contributed by atoms with E-state index in [-0.39, 0.29) is 4.90 Å². The van der Waals surface area contributed by atoms with E-state index in [0.717, 1.165) is 37.3 Å². The van der Waals surface area contributed by atoms with Crippen LogP contribution in [0.5, 0.6) is 0 Å². The number of halogens is 1. The number of nitrogens with zero attached hydrogens (tertiary/aromatic N) is 2. The molecule has 7 heteroatoms. The maximum Gasteiger partial charge on any atom is 0.240 e. The van der Waals surface area contributed by atoms with Gasteiger partial charge in [-0.25, -0.2) is 13.1 Å². The Morgan fingerprint density at radius 3 is 2.46 bits per heavy atom. The molecule has 4 saturated heterocycles. The van der Waals surface area contributed by atoms with Gasteiger partial charge in [0, 0.05) is 30.7 Å². The largest absolute Gasteiger partial charge is 0.303 e. The number of sulfonamides is 1. The van der Waals surface area contributed by atoms with Crippen molar-refractivity contribution in [2.45, 2.75) is 43.5 Å². The van der Waals surface area contributed by atoms with Crippen molar-refractivity contribution in [2.24, 2.45) is 17.8 Å². The first-order valence-electron chi connectivity index (χ1n) is 10.6. The molecule has 0 saturated carbocycles. The van der Waals surface area contributed by atoms with Crippen molar-refractivity contribution in [3.8, 4) is 0 Å². The minimum atomic E-state index is -3.48. The molecule has 5 nitrogen and oxygen atoms in total. The molecular weight excluding hydrogens is 394 g/mol. The van der Waals surface area contributed by atoms with E-state index in [4.69, 9.17) is 11.6 Å². The summed E-state index contributed by atoms with van der Waals surface area (Å²) in [5.74, 6) is 2.35. The molecule has 0 radical (unpaired) electrons. The second-order valence-electron chi connectivity index (χ2n) is 8.98. The Balaban J connectivity index is 1.30. The predicted molar refractivity (Wildman–Crippen MR) is 113 cm³/mol. The van der Waals surface area contributed by atoms with Crippen LogP contribution in [0.4, 0.5) is 0 Å². The zero-order valence-corrected chi connectivity index (χ0v) is 18.3. The van der Waals surface area contributed by atoms with Crippen LogP contribution in [-0.4, -0.2) is 63.5 Å². The lowest BCUT2D eigenvalue weighted by molar-refractivity contribution is -0.0136. The van der Waals surface area contributed by atoms with Gasteiger partial charge >= 0.3 is 0 Å². The van der Waals surface area contributed by atoms with Gasteiger partial charge in [0.05, 0.1) is 4.90 Å². The fraction of sp³-hybridized carbons (Fsp3) is 0.714. The van der Waals surface area contributed by atoms with Crippen LogP contribution in [0.2, 0.25) is 5.02 Å². The first-order chi connectivity index (χ1) is 13.4. The summed E-state index contributed by atoms with van der Waals surface area (Å²) < 4.78 is 28.0. The lowest BCUT2D eigenvalue weighted by atomic mass is 9.75. The molecule has 28 heavy (non-hydrogen) atoms. The second kappa shape index (κ2) is 8.60. The molecule has 0 aliphatic carbocycles. The number of hydrogen-bond donors (Lipinski definition) is 1. The van der Waals surface area contributed by atoms with Crippen LogP contribution in [0.1, 0.15) is 32.6 Å². The molecule has 5 rings (SSSR count). The van der Waals surface area contributed by atoms with Crippen LogP contribution >= 0.6 is 11.6 Å². The number of nitrogens with one attached hydrogen (secondary N) is 1. The van der Waals surface area contributed by atoms with Crippen LogP contribution in [-0.2, 0) is 10.0 Å². The maximum absolute atomic E-state index is 12.6. The quantitative estimate of drug-likeness (QED) is 0.761. The van der Waals surface area contributed by atoms with Crippen molar-refractivity contribution in [3.63, 3.8) is 0 Å². The van der Waals surface area contributed by atoms with Gasteiger partial charge in [-0.2, -0.15) is 0 Å². The maximum atomic E-state index is 12.6. The van der Waals surface area contributed by atoms with E-state index < -0.39 is 10.0 Å². The molecule has 4 aliphatic rings. The highest BCUT2D eigenvalue weighted by atomic mass is 35.5. The lowest BCUT2D eigenvalue weighted by Gasteiger charge is -2.51. The van der Waals surface area contributed by atoms with E-state index in [1.54, 1.807) is 24.3 Å². The number of rotatable bonds is 6. The van der Waals surface area contributed by atoms with E-state index in [0.29, 0.717) is 17.6 Å². The fourth-order valence-electron chi connectivity index (χ4n) is 5.15. The summed E-state index contributed by atoms with van der Waals surface area (Å²) in [5.41, 5.74) is 0. The minimum Gasteiger partial charge on any atom is -0.303 e. The molecule has 1 aromatic carbocycles. The van der Waals surface area contributed by atoms with Gasteiger partial charge in [-0.05, 0) is 87.3 Å². The summed E-state index contributed by atoms with van der Waals surface area (Å²) in [7, 11) is -3.48. The Kier molecular flexibility index (Phi) is 6.33. The van der Waals surface area contributed by atoms with E-state index >= 15 is 0 Å². The highest BCUT2D eigenvalue weighted by molar-refractivity contribution is 7.89. The smallest absolute Gasteiger partial charge is 0.240 e. The molecule has 1 N–H and O–H groups in total. The standard InChI is InChI=1S/C21H32ClN3O2S/c1-16-6-9-24(10-7-16)14-18-15-25-11-8-17(18)12-20(25)13-23-28(26,27)21-4-2-19(22)3-5-21/h2-5,16-18,20,23H,6-15H2,1H3/t17-,18-,20+/m0/s1. The molecule has 0 spiro atoms. The number of hydrogen-bond acceptors (Lipinski definition) is 4. The molecule has 4 heterocycles. The van der Waals surface area contributed by atoms with Crippen LogP contribution < -0.4 is 4.72 Å². The van der Waals surface area contributed by atoms with Crippen LogP contribution in [0.3, 0.4) is 0 Å². The third kappa shape index (κ3) is 4.73. The summed E-state index contributed by atoms with van der Waals surface area (Å²) in [6.45, 7) is 8.78. The number of likely N-dealkylation sites (tertiary alicyclic amines) is 1. The van der Waals surface area contributed by atoms with Gasteiger partial charge < -0.3 is 4.90 Å². The number of piperidine rings is 4. The summed E-state index contributed by atoms with van der Waals surface area (Å²) in [5, 5.41) is 0.545. The van der Waals surface area contributed by atoms with E-state index in [9.17, 15) is 8.42 Å². The van der Waals surface area contributed by atoms with Crippen molar-refractivity contribution in [2.75, 3.05) is 39.3 Å². The third-order valence-corrected chi connectivity index (χ3v) is 8.71. The molecule has 4 atom stereocenters.